The normalized spacial score (nSPS) is 10.3. The lowest BCUT2D eigenvalue weighted by Gasteiger charge is -2.08. The van der Waals surface area contributed by atoms with Crippen molar-refractivity contribution in [1.82, 2.24) is 9.97 Å². The molecule has 0 aliphatic heterocycles. The fraction of sp³-hybridized carbons (Fsp3) is 0.385. The minimum atomic E-state index is 0.557. The zero-order valence-electron chi connectivity index (χ0n) is 10.6. The van der Waals surface area contributed by atoms with Crippen LogP contribution in [0.3, 0.4) is 0 Å². The number of thiophene rings is 1. The Morgan fingerprint density at radius 1 is 1.39 bits per heavy atom. The predicted octanol–water partition coefficient (Wildman–Crippen LogP) is 3.25. The van der Waals surface area contributed by atoms with Gasteiger partial charge in [0.1, 0.15) is 18.2 Å². The maximum absolute atomic E-state index is 5.67. The van der Waals surface area contributed by atoms with Crippen molar-refractivity contribution in [3.05, 3.63) is 34.3 Å². The van der Waals surface area contributed by atoms with Crippen LogP contribution in [0.15, 0.2) is 23.6 Å². The smallest absolute Gasteiger partial charge is 0.219 e. The highest BCUT2D eigenvalue weighted by Crippen LogP contribution is 2.16. The Kier molecular flexibility index (Phi) is 4.52. The van der Waals surface area contributed by atoms with Gasteiger partial charge in [-0.1, -0.05) is 13.0 Å². The van der Waals surface area contributed by atoms with Crippen LogP contribution in [0.5, 0.6) is 5.88 Å². The summed E-state index contributed by atoms with van der Waals surface area (Å²) in [6.07, 6.45) is 1.06. The molecule has 5 heteroatoms. The average Bonchev–Trinajstić information content (AvgIpc) is 2.86. The van der Waals surface area contributed by atoms with Crippen molar-refractivity contribution in [1.29, 1.82) is 0 Å². The van der Waals surface area contributed by atoms with Crippen molar-refractivity contribution >= 4 is 17.2 Å². The van der Waals surface area contributed by atoms with Crippen molar-refractivity contribution < 1.29 is 4.74 Å². The molecule has 18 heavy (non-hydrogen) atoms. The van der Waals surface area contributed by atoms with E-state index in [9.17, 15) is 0 Å². The van der Waals surface area contributed by atoms with E-state index in [2.05, 4.69) is 28.3 Å². The van der Waals surface area contributed by atoms with Gasteiger partial charge in [0.2, 0.25) is 5.88 Å². The van der Waals surface area contributed by atoms with Crippen molar-refractivity contribution in [2.45, 2.75) is 26.9 Å². The molecule has 0 fully saturated rings. The molecule has 96 valence electrons. The molecule has 2 heterocycles. The molecule has 0 saturated heterocycles. The zero-order valence-corrected chi connectivity index (χ0v) is 11.5. The van der Waals surface area contributed by atoms with E-state index in [4.69, 9.17) is 4.74 Å². The number of anilines is 1. The number of aryl methyl sites for hydroxylation is 1. The Morgan fingerprint density at radius 3 is 3.00 bits per heavy atom. The molecule has 2 rings (SSSR count). The summed E-state index contributed by atoms with van der Waals surface area (Å²) in [6.45, 7) is 5.45. The quantitative estimate of drug-likeness (QED) is 0.869. The molecule has 2 aromatic heterocycles. The van der Waals surface area contributed by atoms with Crippen molar-refractivity contribution in [2.24, 2.45) is 0 Å². The molecule has 0 aliphatic rings. The number of hydrogen-bond acceptors (Lipinski definition) is 5. The summed E-state index contributed by atoms with van der Waals surface area (Å²) in [7, 11) is 0. The molecule has 0 bridgehead atoms. The molecule has 2 aromatic rings. The summed E-state index contributed by atoms with van der Waals surface area (Å²) in [5, 5.41) is 5.28. The van der Waals surface area contributed by atoms with Crippen LogP contribution in [0.4, 0.5) is 5.82 Å². The second kappa shape index (κ2) is 6.35. The van der Waals surface area contributed by atoms with E-state index in [1.165, 1.54) is 4.88 Å². The molecule has 0 unspecified atom stereocenters. The minimum Gasteiger partial charge on any atom is -0.472 e. The van der Waals surface area contributed by atoms with Crippen LogP contribution < -0.4 is 10.1 Å². The van der Waals surface area contributed by atoms with Gasteiger partial charge in [-0.2, -0.15) is 4.98 Å². The van der Waals surface area contributed by atoms with E-state index in [1.807, 2.05) is 24.4 Å². The van der Waals surface area contributed by atoms with E-state index in [0.29, 0.717) is 12.5 Å². The summed E-state index contributed by atoms with van der Waals surface area (Å²) in [6, 6.07) is 5.91. The van der Waals surface area contributed by atoms with E-state index in [0.717, 1.165) is 24.6 Å². The highest BCUT2D eigenvalue weighted by atomic mass is 32.1. The standard InChI is InChI=1S/C13H17N3OS/c1-3-6-14-12-8-13(16-10(2)15-12)17-9-11-5-4-7-18-11/h4-5,7-8H,3,6,9H2,1-2H3,(H,14,15,16). The SMILES string of the molecule is CCCNc1cc(OCc2cccs2)nc(C)n1. The first kappa shape index (κ1) is 12.8. The molecular weight excluding hydrogens is 246 g/mol. The van der Waals surface area contributed by atoms with Gasteiger partial charge >= 0.3 is 0 Å². The molecule has 0 atom stereocenters. The average molecular weight is 263 g/mol. The number of ether oxygens (including phenoxy) is 1. The van der Waals surface area contributed by atoms with Crippen LogP contribution in [-0.2, 0) is 6.61 Å². The van der Waals surface area contributed by atoms with Crippen LogP contribution in [0.1, 0.15) is 24.0 Å². The lowest BCUT2D eigenvalue weighted by molar-refractivity contribution is 0.296. The van der Waals surface area contributed by atoms with Gasteiger partial charge in [-0.25, -0.2) is 4.98 Å². The van der Waals surface area contributed by atoms with Crippen molar-refractivity contribution in [3.8, 4) is 5.88 Å². The summed E-state index contributed by atoms with van der Waals surface area (Å²) in [4.78, 5) is 9.78. The van der Waals surface area contributed by atoms with E-state index in [-0.39, 0.29) is 0 Å². The largest absolute Gasteiger partial charge is 0.472 e. The van der Waals surface area contributed by atoms with Crippen LogP contribution in [0, 0.1) is 6.92 Å². The zero-order chi connectivity index (χ0) is 12.8. The number of rotatable bonds is 6. The van der Waals surface area contributed by atoms with Crippen molar-refractivity contribution in [3.63, 3.8) is 0 Å². The second-order valence-electron chi connectivity index (χ2n) is 3.93. The highest BCUT2D eigenvalue weighted by Gasteiger charge is 2.03. The number of aromatic nitrogens is 2. The molecule has 1 N–H and O–H groups in total. The maximum atomic E-state index is 5.67. The molecule has 0 aromatic carbocycles. The predicted molar refractivity (Wildman–Crippen MR) is 74.2 cm³/mol. The third-order valence-corrected chi connectivity index (χ3v) is 3.16. The molecule has 0 spiro atoms. The minimum absolute atomic E-state index is 0.557. The topological polar surface area (TPSA) is 47.0 Å². The van der Waals surface area contributed by atoms with Crippen LogP contribution in [0.2, 0.25) is 0 Å². The molecular formula is C13H17N3OS. The summed E-state index contributed by atoms with van der Waals surface area (Å²) in [5.41, 5.74) is 0. The van der Waals surface area contributed by atoms with Gasteiger partial charge in [0.05, 0.1) is 0 Å². The first-order chi connectivity index (χ1) is 8.78. The fourth-order valence-corrected chi connectivity index (χ4v) is 2.11. The summed E-state index contributed by atoms with van der Waals surface area (Å²) >= 11 is 1.68. The number of nitrogens with one attached hydrogen (secondary N) is 1. The van der Waals surface area contributed by atoms with Gasteiger partial charge in [-0.3, -0.25) is 0 Å². The lowest BCUT2D eigenvalue weighted by Crippen LogP contribution is -2.05. The van der Waals surface area contributed by atoms with Gasteiger partial charge in [-0.15, -0.1) is 11.3 Å². The Labute approximate surface area is 111 Å². The van der Waals surface area contributed by atoms with E-state index in [1.54, 1.807) is 11.3 Å². The number of hydrogen-bond donors (Lipinski definition) is 1. The van der Waals surface area contributed by atoms with Crippen LogP contribution in [-0.4, -0.2) is 16.5 Å². The fourth-order valence-electron chi connectivity index (χ4n) is 1.50. The molecule has 0 amide bonds. The first-order valence-corrected chi connectivity index (χ1v) is 6.90. The van der Waals surface area contributed by atoms with E-state index >= 15 is 0 Å². The number of nitrogens with zero attached hydrogens (tertiary/aromatic N) is 2. The summed E-state index contributed by atoms with van der Waals surface area (Å²) < 4.78 is 5.67. The maximum Gasteiger partial charge on any atom is 0.219 e. The van der Waals surface area contributed by atoms with Crippen LogP contribution >= 0.6 is 11.3 Å². The molecule has 0 aliphatic carbocycles. The van der Waals surface area contributed by atoms with Gasteiger partial charge in [-0.05, 0) is 24.8 Å². The van der Waals surface area contributed by atoms with Gasteiger partial charge in [0, 0.05) is 17.5 Å². The Morgan fingerprint density at radius 2 is 2.28 bits per heavy atom. The molecule has 4 nitrogen and oxygen atoms in total. The third-order valence-electron chi connectivity index (χ3n) is 2.31. The lowest BCUT2D eigenvalue weighted by atomic mass is 10.4. The summed E-state index contributed by atoms with van der Waals surface area (Å²) in [5.74, 6) is 2.16. The van der Waals surface area contributed by atoms with E-state index < -0.39 is 0 Å². The Bertz CT molecular complexity index is 485. The Balaban J connectivity index is 2.00. The van der Waals surface area contributed by atoms with Gasteiger partial charge < -0.3 is 10.1 Å². The Hall–Kier alpha value is -1.62. The molecule has 0 saturated carbocycles. The van der Waals surface area contributed by atoms with Crippen molar-refractivity contribution in [2.75, 3.05) is 11.9 Å². The third kappa shape index (κ3) is 3.70. The monoisotopic (exact) mass is 263 g/mol. The van der Waals surface area contributed by atoms with Gasteiger partial charge in [0.25, 0.3) is 0 Å². The molecule has 0 radical (unpaired) electrons. The van der Waals surface area contributed by atoms with Gasteiger partial charge in [0.15, 0.2) is 0 Å². The second-order valence-corrected chi connectivity index (χ2v) is 4.97. The highest BCUT2D eigenvalue weighted by molar-refractivity contribution is 7.09. The van der Waals surface area contributed by atoms with Crippen LogP contribution in [0.25, 0.3) is 0 Å². The first-order valence-electron chi connectivity index (χ1n) is 6.02.